The second-order valence-corrected chi connectivity index (χ2v) is 7.00. The highest BCUT2D eigenvalue weighted by Gasteiger charge is 2.39. The molecule has 0 aromatic rings. The molecule has 0 saturated carbocycles. The minimum absolute atomic E-state index is 0.0573. The Bertz CT molecular complexity index is 649. The minimum Gasteiger partial charge on any atom is -0.316 e. The van der Waals surface area contributed by atoms with Gasteiger partial charge in [-0.25, -0.2) is 4.79 Å². The van der Waals surface area contributed by atoms with Gasteiger partial charge in [0.15, 0.2) is 0 Å². The molecule has 4 N–H and O–H groups in total. The maximum Gasteiger partial charge on any atom is 0.418 e. The van der Waals surface area contributed by atoms with E-state index in [9.17, 15) is 22.8 Å². The average Bonchev–Trinajstić information content (AvgIpc) is 2.60. The van der Waals surface area contributed by atoms with Crippen LogP contribution in [0.15, 0.2) is 0 Å². The predicted octanol–water partition coefficient (Wildman–Crippen LogP) is -1.62. The molecule has 2 aliphatic heterocycles. The molecule has 2 rings (SSSR count). The number of hydrogen-bond donors (Lipinski definition) is 4. The Morgan fingerprint density at radius 3 is 2.58 bits per heavy atom. The molecule has 2 saturated heterocycles. The zero-order chi connectivity index (χ0) is 19.3. The van der Waals surface area contributed by atoms with Crippen LogP contribution in [-0.4, -0.2) is 73.0 Å². The lowest BCUT2D eigenvalue weighted by Gasteiger charge is -2.38. The third-order valence-electron chi connectivity index (χ3n) is 4.24. The van der Waals surface area contributed by atoms with Gasteiger partial charge in [0.1, 0.15) is 6.04 Å². The fourth-order valence-electron chi connectivity index (χ4n) is 2.96. The average molecular weight is 393 g/mol. The van der Waals surface area contributed by atoms with E-state index in [1.807, 2.05) is 0 Å². The summed E-state index contributed by atoms with van der Waals surface area (Å²) in [6.45, 7) is 2.87. The van der Waals surface area contributed by atoms with E-state index in [1.54, 1.807) is 6.92 Å². The van der Waals surface area contributed by atoms with E-state index >= 15 is 0 Å². The van der Waals surface area contributed by atoms with Gasteiger partial charge in [-0.2, -0.15) is 13.5 Å². The number of rotatable bonds is 5. The number of hydrazine groups is 1. The van der Waals surface area contributed by atoms with Crippen LogP contribution in [0.3, 0.4) is 0 Å². The molecule has 13 heteroatoms. The van der Waals surface area contributed by atoms with Gasteiger partial charge in [-0.15, -0.1) is 4.28 Å². The Morgan fingerprint density at radius 2 is 2.00 bits per heavy atom. The molecule has 2 fully saturated rings. The fraction of sp³-hybridized carbons (Fsp3) is 0.769. The van der Waals surface area contributed by atoms with E-state index in [4.69, 9.17) is 4.55 Å². The highest BCUT2D eigenvalue weighted by molar-refractivity contribution is 7.80. The fourth-order valence-corrected chi connectivity index (χ4v) is 3.33. The first-order chi connectivity index (χ1) is 12.2. The molecule has 4 amide bonds. The summed E-state index contributed by atoms with van der Waals surface area (Å²) in [6, 6.07) is -1.78. The van der Waals surface area contributed by atoms with E-state index in [1.165, 1.54) is 0 Å². The lowest BCUT2D eigenvalue weighted by atomic mass is 9.99. The van der Waals surface area contributed by atoms with Crippen molar-refractivity contribution >= 4 is 28.2 Å². The number of amides is 4. The third kappa shape index (κ3) is 5.27. The molecule has 148 valence electrons. The lowest BCUT2D eigenvalue weighted by Crippen LogP contribution is -2.61. The number of hydroxylamine groups is 2. The number of piperidine rings is 1. The Hall–Kier alpha value is -1.96. The SMILES string of the molecule is CCN1C(=O)N(OS(=O)(=O)O)CCC1C(=O)NNC(=O)C1CCCNC1. The quantitative estimate of drug-likeness (QED) is 0.321. The van der Waals surface area contributed by atoms with Gasteiger partial charge in [0.25, 0.3) is 5.91 Å². The second kappa shape index (κ2) is 8.62. The Balaban J connectivity index is 1.91. The van der Waals surface area contributed by atoms with Crippen LogP contribution in [0.1, 0.15) is 26.2 Å². The van der Waals surface area contributed by atoms with E-state index in [0.717, 1.165) is 24.3 Å². The van der Waals surface area contributed by atoms with Crippen molar-refractivity contribution in [3.63, 3.8) is 0 Å². The maximum atomic E-state index is 12.3. The standard InChI is InChI=1S/C13H23N5O7S/c1-2-17-10(5-7-18(13(17)21)25-26(22,23)24)12(20)16-15-11(19)9-4-3-6-14-8-9/h9-10,14H,2-8H2,1H3,(H,15,19)(H,16,20)(H,22,23,24). The van der Waals surface area contributed by atoms with Crippen LogP contribution in [-0.2, 0) is 24.3 Å². The van der Waals surface area contributed by atoms with Crippen LogP contribution < -0.4 is 16.2 Å². The highest BCUT2D eigenvalue weighted by atomic mass is 32.3. The predicted molar refractivity (Wildman–Crippen MR) is 87.4 cm³/mol. The molecule has 26 heavy (non-hydrogen) atoms. The molecule has 0 aromatic heterocycles. The summed E-state index contributed by atoms with van der Waals surface area (Å²) >= 11 is 0. The van der Waals surface area contributed by atoms with Gasteiger partial charge in [-0.05, 0) is 32.7 Å². The van der Waals surface area contributed by atoms with E-state index in [-0.39, 0.29) is 31.3 Å². The summed E-state index contributed by atoms with van der Waals surface area (Å²) in [5.41, 5.74) is 4.67. The first kappa shape index (κ1) is 20.4. The summed E-state index contributed by atoms with van der Waals surface area (Å²) in [4.78, 5) is 37.7. The molecule has 2 unspecified atom stereocenters. The minimum atomic E-state index is -4.85. The maximum absolute atomic E-state index is 12.3. The number of carbonyl (C=O) groups is 3. The molecular formula is C13H23N5O7S. The number of hydrogen-bond acceptors (Lipinski definition) is 7. The van der Waals surface area contributed by atoms with Crippen molar-refractivity contribution in [3.05, 3.63) is 0 Å². The van der Waals surface area contributed by atoms with Gasteiger partial charge in [0.2, 0.25) is 5.91 Å². The molecule has 2 atom stereocenters. The summed E-state index contributed by atoms with van der Waals surface area (Å²) in [5.74, 6) is -1.14. The molecule has 12 nitrogen and oxygen atoms in total. The first-order valence-electron chi connectivity index (χ1n) is 8.28. The van der Waals surface area contributed by atoms with Crippen LogP contribution in [0, 0.1) is 5.92 Å². The van der Waals surface area contributed by atoms with Crippen LogP contribution >= 0.6 is 0 Å². The van der Waals surface area contributed by atoms with Gasteiger partial charge < -0.3 is 10.2 Å². The van der Waals surface area contributed by atoms with Crippen molar-refractivity contribution < 1.29 is 31.6 Å². The molecule has 2 heterocycles. The van der Waals surface area contributed by atoms with Crippen molar-refractivity contribution in [2.45, 2.75) is 32.2 Å². The number of urea groups is 1. The topological polar surface area (TPSA) is 157 Å². The summed E-state index contributed by atoms with van der Waals surface area (Å²) in [5, 5.41) is 3.56. The normalized spacial score (nSPS) is 24.3. The Labute approximate surface area is 151 Å². The van der Waals surface area contributed by atoms with Gasteiger partial charge in [-0.3, -0.25) is 25.0 Å². The Morgan fingerprint density at radius 1 is 1.31 bits per heavy atom. The summed E-state index contributed by atoms with van der Waals surface area (Å²) in [6.07, 6.45) is 1.65. The molecule has 0 spiro atoms. The Kier molecular flexibility index (Phi) is 6.75. The third-order valence-corrected chi connectivity index (χ3v) is 4.61. The van der Waals surface area contributed by atoms with E-state index in [0.29, 0.717) is 11.6 Å². The van der Waals surface area contributed by atoms with Crippen molar-refractivity contribution in [3.8, 4) is 0 Å². The lowest BCUT2D eigenvalue weighted by molar-refractivity contribution is -0.136. The molecule has 0 bridgehead atoms. The zero-order valence-electron chi connectivity index (χ0n) is 14.3. The zero-order valence-corrected chi connectivity index (χ0v) is 15.1. The molecular weight excluding hydrogens is 370 g/mol. The van der Waals surface area contributed by atoms with Crippen molar-refractivity contribution in [2.75, 3.05) is 26.2 Å². The monoisotopic (exact) mass is 393 g/mol. The first-order valence-corrected chi connectivity index (χ1v) is 9.65. The molecule has 0 aromatic carbocycles. The number of nitrogens with one attached hydrogen (secondary N) is 3. The summed E-state index contributed by atoms with van der Waals surface area (Å²) in [7, 11) is -4.85. The van der Waals surface area contributed by atoms with Crippen molar-refractivity contribution in [1.82, 2.24) is 26.1 Å². The van der Waals surface area contributed by atoms with Crippen molar-refractivity contribution in [2.24, 2.45) is 5.92 Å². The van der Waals surface area contributed by atoms with Gasteiger partial charge in [0.05, 0.1) is 12.5 Å². The van der Waals surface area contributed by atoms with E-state index < -0.39 is 28.4 Å². The summed E-state index contributed by atoms with van der Waals surface area (Å²) < 4.78 is 34.4. The van der Waals surface area contributed by atoms with Crippen LogP contribution in [0.25, 0.3) is 0 Å². The van der Waals surface area contributed by atoms with Gasteiger partial charge in [0, 0.05) is 13.1 Å². The number of likely N-dealkylation sites (N-methyl/N-ethyl adjacent to an activating group) is 1. The van der Waals surface area contributed by atoms with Crippen molar-refractivity contribution in [1.29, 1.82) is 0 Å². The molecule has 2 aliphatic rings. The largest absolute Gasteiger partial charge is 0.418 e. The number of nitrogens with zero attached hydrogens (tertiary/aromatic N) is 2. The van der Waals surface area contributed by atoms with E-state index in [2.05, 4.69) is 20.5 Å². The molecule has 0 aliphatic carbocycles. The van der Waals surface area contributed by atoms with Gasteiger partial charge in [-0.1, -0.05) is 0 Å². The highest BCUT2D eigenvalue weighted by Crippen LogP contribution is 2.17. The smallest absolute Gasteiger partial charge is 0.316 e. The second-order valence-electron chi connectivity index (χ2n) is 6.00. The van der Waals surface area contributed by atoms with Gasteiger partial charge >= 0.3 is 16.4 Å². The van der Waals surface area contributed by atoms with Crippen LogP contribution in [0.2, 0.25) is 0 Å². The number of carbonyl (C=O) groups excluding carboxylic acids is 3. The molecule has 0 radical (unpaired) electrons. The van der Waals surface area contributed by atoms with Crippen LogP contribution in [0.5, 0.6) is 0 Å². The van der Waals surface area contributed by atoms with Crippen LogP contribution in [0.4, 0.5) is 4.79 Å².